The molecule has 0 aliphatic rings. The summed E-state index contributed by atoms with van der Waals surface area (Å²) in [4.78, 5) is 0. The molecule has 0 aliphatic carbocycles. The third-order valence-electron chi connectivity index (χ3n) is 2.58. The van der Waals surface area contributed by atoms with Gasteiger partial charge < -0.3 is 19.3 Å². The summed E-state index contributed by atoms with van der Waals surface area (Å²) in [6, 6.07) is 5.53. The van der Waals surface area contributed by atoms with Crippen LogP contribution in [0.5, 0.6) is 11.5 Å². The smallest absolute Gasteiger partial charge is 0.167 e. The molecule has 1 atom stereocenters. The summed E-state index contributed by atoms with van der Waals surface area (Å²) < 4.78 is 16.4. The van der Waals surface area contributed by atoms with Crippen LogP contribution in [-0.4, -0.2) is 31.5 Å². The Morgan fingerprint density at radius 1 is 1.33 bits per heavy atom. The second-order valence-electron chi connectivity index (χ2n) is 4.05. The van der Waals surface area contributed by atoms with Crippen LogP contribution in [0.3, 0.4) is 0 Å². The summed E-state index contributed by atoms with van der Waals surface area (Å²) in [5, 5.41) is 9.34. The van der Waals surface area contributed by atoms with Crippen LogP contribution in [0.1, 0.15) is 25.8 Å². The lowest BCUT2D eigenvalue weighted by Crippen LogP contribution is -2.16. The lowest BCUT2D eigenvalue weighted by molar-refractivity contribution is 0.129. The van der Waals surface area contributed by atoms with Crippen molar-refractivity contribution in [3.63, 3.8) is 0 Å². The van der Waals surface area contributed by atoms with Crippen molar-refractivity contribution in [1.82, 2.24) is 0 Å². The number of methoxy groups -OCH3 is 1. The van der Waals surface area contributed by atoms with E-state index in [9.17, 15) is 5.11 Å². The minimum Gasteiger partial charge on any atom is -0.490 e. The monoisotopic (exact) mass is 254 g/mol. The molecule has 102 valence electrons. The number of para-hydroxylation sites is 1. The third kappa shape index (κ3) is 4.20. The molecular formula is C14H22O4. The van der Waals surface area contributed by atoms with Crippen molar-refractivity contribution in [3.8, 4) is 11.5 Å². The van der Waals surface area contributed by atoms with Crippen molar-refractivity contribution in [3.05, 3.63) is 23.8 Å². The molecule has 0 amide bonds. The van der Waals surface area contributed by atoms with E-state index in [0.29, 0.717) is 24.7 Å². The highest BCUT2D eigenvalue weighted by atomic mass is 16.5. The van der Waals surface area contributed by atoms with E-state index in [1.165, 1.54) is 0 Å². The third-order valence-corrected chi connectivity index (χ3v) is 2.58. The molecule has 0 fully saturated rings. The molecule has 1 unspecified atom stereocenters. The van der Waals surface area contributed by atoms with Gasteiger partial charge in [-0.25, -0.2) is 0 Å². The van der Waals surface area contributed by atoms with Crippen molar-refractivity contribution < 1.29 is 19.3 Å². The van der Waals surface area contributed by atoms with Gasteiger partial charge in [-0.2, -0.15) is 0 Å². The molecule has 4 nitrogen and oxygen atoms in total. The SMILES string of the molecule is CCOc1cccc(CO)c1OC(C)CCOC. The fourth-order valence-electron chi connectivity index (χ4n) is 1.63. The van der Waals surface area contributed by atoms with Gasteiger partial charge in [-0.3, -0.25) is 0 Å². The molecule has 1 aromatic rings. The molecule has 4 heteroatoms. The maximum atomic E-state index is 9.34. The molecule has 18 heavy (non-hydrogen) atoms. The second-order valence-corrected chi connectivity index (χ2v) is 4.05. The van der Waals surface area contributed by atoms with Gasteiger partial charge in [0.15, 0.2) is 11.5 Å². The Bertz CT molecular complexity index is 352. The van der Waals surface area contributed by atoms with Gasteiger partial charge >= 0.3 is 0 Å². The Morgan fingerprint density at radius 2 is 2.11 bits per heavy atom. The van der Waals surface area contributed by atoms with Crippen molar-refractivity contribution in [1.29, 1.82) is 0 Å². The maximum Gasteiger partial charge on any atom is 0.167 e. The molecule has 1 N–H and O–H groups in total. The molecule has 0 aromatic heterocycles. The lowest BCUT2D eigenvalue weighted by Gasteiger charge is -2.19. The van der Waals surface area contributed by atoms with Crippen molar-refractivity contribution >= 4 is 0 Å². The highest BCUT2D eigenvalue weighted by molar-refractivity contribution is 5.46. The van der Waals surface area contributed by atoms with E-state index >= 15 is 0 Å². The van der Waals surface area contributed by atoms with Crippen LogP contribution < -0.4 is 9.47 Å². The Labute approximate surface area is 108 Å². The van der Waals surface area contributed by atoms with E-state index in [2.05, 4.69) is 0 Å². The Kier molecular flexibility index (Phi) is 6.54. The first-order valence-corrected chi connectivity index (χ1v) is 6.24. The average Bonchev–Trinajstić information content (AvgIpc) is 2.38. The number of aliphatic hydroxyl groups is 1. The molecule has 0 heterocycles. The summed E-state index contributed by atoms with van der Waals surface area (Å²) in [6.07, 6.45) is 0.804. The number of hydrogen-bond donors (Lipinski definition) is 1. The van der Waals surface area contributed by atoms with Gasteiger partial charge in [-0.05, 0) is 19.9 Å². The van der Waals surface area contributed by atoms with Gasteiger partial charge in [0, 0.05) is 25.7 Å². The van der Waals surface area contributed by atoms with Gasteiger partial charge in [0.1, 0.15) is 0 Å². The first-order chi connectivity index (χ1) is 8.72. The normalized spacial score (nSPS) is 12.2. The molecule has 0 aliphatic heterocycles. The van der Waals surface area contributed by atoms with Crippen molar-refractivity contribution in [2.45, 2.75) is 33.0 Å². The van der Waals surface area contributed by atoms with Crippen molar-refractivity contribution in [2.24, 2.45) is 0 Å². The standard InChI is InChI=1S/C14H22O4/c1-4-17-13-7-5-6-12(10-15)14(13)18-11(2)8-9-16-3/h5-7,11,15H,4,8-10H2,1-3H3. The first kappa shape index (κ1) is 14.8. The van der Waals surface area contributed by atoms with E-state index in [1.54, 1.807) is 7.11 Å². The van der Waals surface area contributed by atoms with Crippen LogP contribution in [0.25, 0.3) is 0 Å². The summed E-state index contributed by atoms with van der Waals surface area (Å²) in [5.41, 5.74) is 0.741. The van der Waals surface area contributed by atoms with E-state index in [4.69, 9.17) is 14.2 Å². The lowest BCUT2D eigenvalue weighted by atomic mass is 10.2. The summed E-state index contributed by atoms with van der Waals surface area (Å²) in [6.45, 7) is 5.05. The van der Waals surface area contributed by atoms with Gasteiger partial charge in [0.05, 0.1) is 19.3 Å². The largest absolute Gasteiger partial charge is 0.490 e. The minimum absolute atomic E-state index is 0.0110. The second kappa shape index (κ2) is 7.95. The van der Waals surface area contributed by atoms with Crippen LogP contribution in [-0.2, 0) is 11.3 Å². The Hall–Kier alpha value is -1.26. The molecule has 0 spiro atoms. The van der Waals surface area contributed by atoms with Gasteiger partial charge in [-0.15, -0.1) is 0 Å². The number of benzene rings is 1. The molecule has 0 saturated carbocycles. The fraction of sp³-hybridized carbons (Fsp3) is 0.571. The van der Waals surface area contributed by atoms with Crippen molar-refractivity contribution in [2.75, 3.05) is 20.3 Å². The molecule has 1 rings (SSSR count). The van der Waals surface area contributed by atoms with Crippen LogP contribution in [0.15, 0.2) is 18.2 Å². The molecule has 0 radical (unpaired) electrons. The van der Waals surface area contributed by atoms with Crippen LogP contribution in [0.4, 0.5) is 0 Å². The minimum atomic E-state index is -0.0623. The van der Waals surface area contributed by atoms with Gasteiger partial charge in [0.2, 0.25) is 0 Å². The van der Waals surface area contributed by atoms with E-state index < -0.39 is 0 Å². The molecule has 0 saturated heterocycles. The van der Waals surface area contributed by atoms with Gasteiger partial charge in [-0.1, -0.05) is 12.1 Å². The zero-order chi connectivity index (χ0) is 13.4. The fourth-order valence-corrected chi connectivity index (χ4v) is 1.63. The number of rotatable bonds is 8. The maximum absolute atomic E-state index is 9.34. The van der Waals surface area contributed by atoms with Crippen LogP contribution >= 0.6 is 0 Å². The topological polar surface area (TPSA) is 47.9 Å². The van der Waals surface area contributed by atoms with Crippen LogP contribution in [0.2, 0.25) is 0 Å². The van der Waals surface area contributed by atoms with Gasteiger partial charge in [0.25, 0.3) is 0 Å². The summed E-state index contributed by atoms with van der Waals surface area (Å²) in [5.74, 6) is 1.30. The molecular weight excluding hydrogens is 232 g/mol. The number of hydrogen-bond acceptors (Lipinski definition) is 4. The predicted molar refractivity (Wildman–Crippen MR) is 70.1 cm³/mol. The zero-order valence-corrected chi connectivity index (χ0v) is 11.3. The molecule has 0 bridgehead atoms. The molecule has 1 aromatic carbocycles. The van der Waals surface area contributed by atoms with E-state index in [1.807, 2.05) is 32.0 Å². The highest BCUT2D eigenvalue weighted by Gasteiger charge is 2.13. The highest BCUT2D eigenvalue weighted by Crippen LogP contribution is 2.32. The van der Waals surface area contributed by atoms with E-state index in [0.717, 1.165) is 12.0 Å². The number of ether oxygens (including phenoxy) is 3. The van der Waals surface area contributed by atoms with Crippen LogP contribution in [0, 0.1) is 0 Å². The number of aliphatic hydroxyl groups excluding tert-OH is 1. The zero-order valence-electron chi connectivity index (χ0n) is 11.3. The average molecular weight is 254 g/mol. The Balaban J connectivity index is 2.82. The predicted octanol–water partition coefficient (Wildman–Crippen LogP) is 2.38. The first-order valence-electron chi connectivity index (χ1n) is 6.24. The summed E-state index contributed by atoms with van der Waals surface area (Å²) >= 11 is 0. The van der Waals surface area contributed by atoms with E-state index in [-0.39, 0.29) is 12.7 Å². The quantitative estimate of drug-likeness (QED) is 0.773. The summed E-state index contributed by atoms with van der Waals surface area (Å²) in [7, 11) is 1.67. The Morgan fingerprint density at radius 3 is 2.72 bits per heavy atom.